The minimum Gasteiger partial charge on any atom is -0.332 e. The number of piperidine rings is 1. The molecule has 1 N–H and O–H groups in total. The average molecular weight is 450 g/mol. The average Bonchev–Trinajstić information content (AvgIpc) is 2.85. The van der Waals surface area contributed by atoms with Gasteiger partial charge in [-0.3, -0.25) is 19.5 Å². The van der Waals surface area contributed by atoms with Crippen LogP contribution >= 0.6 is 0 Å². The minimum absolute atomic E-state index is 0.0222. The number of nitrogens with one attached hydrogen (secondary N) is 1. The van der Waals surface area contributed by atoms with Crippen molar-refractivity contribution in [2.45, 2.75) is 76.8 Å². The lowest BCUT2D eigenvalue weighted by Crippen LogP contribution is -2.42. The zero-order valence-corrected chi connectivity index (χ0v) is 19.5. The molecule has 0 bridgehead atoms. The lowest BCUT2D eigenvalue weighted by atomic mass is 9.88. The molecule has 7 heteroatoms. The van der Waals surface area contributed by atoms with Crippen LogP contribution in [0, 0.1) is 5.92 Å². The van der Waals surface area contributed by atoms with E-state index in [1.54, 1.807) is 6.20 Å². The van der Waals surface area contributed by atoms with E-state index >= 15 is 0 Å². The first-order chi connectivity index (χ1) is 16.2. The van der Waals surface area contributed by atoms with Crippen molar-refractivity contribution >= 4 is 5.91 Å². The van der Waals surface area contributed by atoms with Gasteiger partial charge in [0, 0.05) is 44.5 Å². The minimum atomic E-state index is -0.159. The maximum atomic E-state index is 13.1. The van der Waals surface area contributed by atoms with Crippen molar-refractivity contribution in [3.63, 3.8) is 0 Å². The third-order valence-corrected chi connectivity index (χ3v) is 7.60. The van der Waals surface area contributed by atoms with Crippen LogP contribution in [0.5, 0.6) is 0 Å². The quantitative estimate of drug-likeness (QED) is 0.757. The third-order valence-electron chi connectivity index (χ3n) is 7.60. The molecule has 1 atom stereocenters. The van der Waals surface area contributed by atoms with Crippen LogP contribution in [0.15, 0.2) is 29.2 Å². The standard InChI is InChI=1S/C26H35N5O2/c32-24(16-20-10-4-6-13-27-20)31-14-7-5-11-23(31)25-28-22-12-15-30(18-21(22)26(33)29-25)17-19-8-2-1-3-9-19/h4,6,10,13,19,23H,1-3,5,7-9,11-12,14-18H2,(H,28,29,33). The fourth-order valence-electron chi connectivity index (χ4n) is 5.82. The molecule has 2 aromatic rings. The lowest BCUT2D eigenvalue weighted by Gasteiger charge is -2.36. The van der Waals surface area contributed by atoms with Crippen LogP contribution in [0.1, 0.15) is 80.2 Å². The zero-order valence-electron chi connectivity index (χ0n) is 19.5. The Bertz CT molecular complexity index is 1020. The highest BCUT2D eigenvalue weighted by Gasteiger charge is 2.32. The van der Waals surface area contributed by atoms with Gasteiger partial charge in [-0.15, -0.1) is 0 Å². The van der Waals surface area contributed by atoms with E-state index in [0.29, 0.717) is 18.9 Å². The second-order valence-corrected chi connectivity index (χ2v) is 9.96. The van der Waals surface area contributed by atoms with Crippen molar-refractivity contribution in [2.75, 3.05) is 19.6 Å². The predicted molar refractivity (Wildman–Crippen MR) is 127 cm³/mol. The van der Waals surface area contributed by atoms with Crippen LogP contribution in [-0.4, -0.2) is 50.3 Å². The summed E-state index contributed by atoms with van der Waals surface area (Å²) in [7, 11) is 0. The van der Waals surface area contributed by atoms with Crippen molar-refractivity contribution in [3.8, 4) is 0 Å². The molecule has 33 heavy (non-hydrogen) atoms. The van der Waals surface area contributed by atoms with E-state index < -0.39 is 0 Å². The monoisotopic (exact) mass is 449 g/mol. The van der Waals surface area contributed by atoms with Crippen molar-refractivity contribution < 1.29 is 4.79 Å². The van der Waals surface area contributed by atoms with Crippen molar-refractivity contribution in [3.05, 3.63) is 57.5 Å². The van der Waals surface area contributed by atoms with Gasteiger partial charge in [0.1, 0.15) is 5.82 Å². The van der Waals surface area contributed by atoms with E-state index in [2.05, 4.69) is 14.9 Å². The number of rotatable bonds is 5. The second kappa shape index (κ2) is 10.2. The molecule has 1 amide bonds. The summed E-state index contributed by atoms with van der Waals surface area (Å²) in [5.74, 6) is 1.48. The van der Waals surface area contributed by atoms with Gasteiger partial charge in [0.2, 0.25) is 5.91 Å². The van der Waals surface area contributed by atoms with Crippen LogP contribution in [0.3, 0.4) is 0 Å². The lowest BCUT2D eigenvalue weighted by molar-refractivity contribution is -0.134. The fraction of sp³-hybridized carbons (Fsp3) is 0.615. The molecule has 2 aliphatic heterocycles. The summed E-state index contributed by atoms with van der Waals surface area (Å²) in [6, 6.07) is 5.49. The van der Waals surface area contributed by atoms with Gasteiger partial charge in [-0.05, 0) is 50.2 Å². The first-order valence-electron chi connectivity index (χ1n) is 12.7. The Morgan fingerprint density at radius 3 is 2.73 bits per heavy atom. The van der Waals surface area contributed by atoms with Crippen LogP contribution in [0.4, 0.5) is 0 Å². The Hall–Kier alpha value is -2.54. The summed E-state index contributed by atoms with van der Waals surface area (Å²) in [5, 5.41) is 0. The molecule has 1 aliphatic carbocycles. The number of pyridine rings is 1. The number of aromatic amines is 1. The van der Waals surface area contributed by atoms with Gasteiger partial charge < -0.3 is 9.88 Å². The number of hydrogen-bond donors (Lipinski definition) is 1. The highest BCUT2D eigenvalue weighted by atomic mass is 16.2. The Labute approximate surface area is 195 Å². The maximum absolute atomic E-state index is 13.1. The highest BCUT2D eigenvalue weighted by Crippen LogP contribution is 2.30. The second-order valence-electron chi connectivity index (χ2n) is 9.96. The first-order valence-corrected chi connectivity index (χ1v) is 12.7. The van der Waals surface area contributed by atoms with E-state index in [0.717, 1.165) is 61.6 Å². The molecular formula is C26H35N5O2. The van der Waals surface area contributed by atoms with Crippen LogP contribution in [0.25, 0.3) is 0 Å². The summed E-state index contributed by atoms with van der Waals surface area (Å²) < 4.78 is 0. The Balaban J connectivity index is 1.31. The molecular weight excluding hydrogens is 414 g/mol. The van der Waals surface area contributed by atoms with Gasteiger partial charge in [0.25, 0.3) is 5.56 Å². The van der Waals surface area contributed by atoms with Gasteiger partial charge in [-0.2, -0.15) is 0 Å². The molecule has 1 saturated heterocycles. The number of amides is 1. The Morgan fingerprint density at radius 2 is 1.91 bits per heavy atom. The largest absolute Gasteiger partial charge is 0.332 e. The SMILES string of the molecule is O=C(Cc1ccccn1)N1CCCCC1c1nc2c(c(=O)[nH]1)CN(CC1CCCCC1)CC2. The van der Waals surface area contributed by atoms with E-state index in [1.807, 2.05) is 23.1 Å². The number of hydrogen-bond acceptors (Lipinski definition) is 5. The van der Waals surface area contributed by atoms with Gasteiger partial charge in [0.05, 0.1) is 23.7 Å². The topological polar surface area (TPSA) is 82.2 Å². The number of aromatic nitrogens is 3. The third kappa shape index (κ3) is 5.18. The molecule has 5 rings (SSSR count). The summed E-state index contributed by atoms with van der Waals surface area (Å²) >= 11 is 0. The molecule has 3 aliphatic rings. The Morgan fingerprint density at radius 1 is 1.06 bits per heavy atom. The van der Waals surface area contributed by atoms with Gasteiger partial charge in [0.15, 0.2) is 0 Å². The number of fused-ring (bicyclic) bond motifs is 1. The summed E-state index contributed by atoms with van der Waals surface area (Å²) in [4.78, 5) is 42.9. The molecule has 4 heterocycles. The van der Waals surface area contributed by atoms with E-state index in [4.69, 9.17) is 4.98 Å². The van der Waals surface area contributed by atoms with Gasteiger partial charge >= 0.3 is 0 Å². The molecule has 7 nitrogen and oxygen atoms in total. The van der Waals surface area contributed by atoms with Crippen LogP contribution in [0.2, 0.25) is 0 Å². The van der Waals surface area contributed by atoms with E-state index in [9.17, 15) is 9.59 Å². The molecule has 2 aromatic heterocycles. The molecule has 1 saturated carbocycles. The normalized spacial score (nSPS) is 22.2. The number of carbonyl (C=O) groups is 1. The number of carbonyl (C=O) groups excluding carboxylic acids is 1. The van der Waals surface area contributed by atoms with Gasteiger partial charge in [-0.25, -0.2) is 4.98 Å². The van der Waals surface area contributed by atoms with E-state index in [-0.39, 0.29) is 23.9 Å². The number of H-pyrrole nitrogens is 1. The first kappa shape index (κ1) is 22.3. The van der Waals surface area contributed by atoms with Crippen molar-refractivity contribution in [1.29, 1.82) is 0 Å². The van der Waals surface area contributed by atoms with Crippen molar-refractivity contribution in [2.24, 2.45) is 5.92 Å². The van der Waals surface area contributed by atoms with Crippen LogP contribution in [-0.2, 0) is 24.2 Å². The highest BCUT2D eigenvalue weighted by molar-refractivity contribution is 5.78. The molecule has 0 aromatic carbocycles. The number of nitrogens with zero attached hydrogens (tertiary/aromatic N) is 4. The molecule has 2 fully saturated rings. The van der Waals surface area contributed by atoms with E-state index in [1.165, 1.54) is 32.1 Å². The molecule has 0 spiro atoms. The van der Waals surface area contributed by atoms with Gasteiger partial charge in [-0.1, -0.05) is 25.3 Å². The number of likely N-dealkylation sites (tertiary alicyclic amines) is 1. The predicted octanol–water partition coefficient (Wildman–Crippen LogP) is 3.40. The van der Waals surface area contributed by atoms with Crippen molar-refractivity contribution in [1.82, 2.24) is 24.8 Å². The molecule has 176 valence electrons. The Kier molecular flexibility index (Phi) is 6.85. The smallest absolute Gasteiger partial charge is 0.255 e. The molecule has 0 radical (unpaired) electrons. The summed E-state index contributed by atoms with van der Waals surface area (Å²) in [6.45, 7) is 3.46. The molecule has 1 unspecified atom stereocenters. The maximum Gasteiger partial charge on any atom is 0.255 e. The summed E-state index contributed by atoms with van der Waals surface area (Å²) in [6.07, 6.45) is 12.4. The zero-order chi connectivity index (χ0) is 22.6. The van der Waals surface area contributed by atoms with Crippen LogP contribution < -0.4 is 5.56 Å². The summed E-state index contributed by atoms with van der Waals surface area (Å²) in [5.41, 5.74) is 2.50. The fourth-order valence-corrected chi connectivity index (χ4v) is 5.82.